The lowest BCUT2D eigenvalue weighted by atomic mass is 10.00. The minimum Gasteiger partial charge on any atom is -0.385 e. The molecule has 1 aromatic heterocycles. The number of nitrogens with two attached hydrogens (primary N) is 1. The monoisotopic (exact) mass is 237 g/mol. The van der Waals surface area contributed by atoms with Crippen LogP contribution < -0.4 is 11.1 Å². The Kier molecular flexibility index (Phi) is 5.94. The molecule has 0 amide bonds. The first-order valence-corrected chi connectivity index (χ1v) is 6.14. The molecule has 0 aliphatic heterocycles. The molecule has 1 aromatic rings. The lowest BCUT2D eigenvalue weighted by Crippen LogP contribution is -2.25. The van der Waals surface area contributed by atoms with Gasteiger partial charge in [0.1, 0.15) is 5.82 Å². The fourth-order valence-electron chi connectivity index (χ4n) is 1.95. The third-order valence-electron chi connectivity index (χ3n) is 2.84. The highest BCUT2D eigenvalue weighted by Crippen LogP contribution is 2.25. The standard InChI is InChI=1S/C13H23N3O/c1-4-7-15-11(6-9-17-3)12-10(2)5-8-16-13(12)14/h5,8,11,15H,4,6-7,9H2,1-3H3,(H2,14,16). The summed E-state index contributed by atoms with van der Waals surface area (Å²) in [6.45, 7) is 5.91. The minimum atomic E-state index is 0.226. The van der Waals surface area contributed by atoms with Crippen molar-refractivity contribution in [1.29, 1.82) is 0 Å². The second kappa shape index (κ2) is 7.25. The van der Waals surface area contributed by atoms with Crippen molar-refractivity contribution < 1.29 is 4.74 Å². The predicted octanol–water partition coefficient (Wildman–Crippen LogP) is 2.05. The van der Waals surface area contributed by atoms with E-state index in [1.54, 1.807) is 13.3 Å². The number of pyridine rings is 1. The average molecular weight is 237 g/mol. The number of hydrogen-bond acceptors (Lipinski definition) is 4. The number of nitrogens with one attached hydrogen (secondary N) is 1. The predicted molar refractivity (Wildman–Crippen MR) is 70.9 cm³/mol. The Balaban J connectivity index is 2.86. The van der Waals surface area contributed by atoms with Crippen LogP contribution in [0, 0.1) is 6.92 Å². The Morgan fingerprint density at radius 1 is 1.53 bits per heavy atom. The van der Waals surface area contributed by atoms with Gasteiger partial charge >= 0.3 is 0 Å². The highest BCUT2D eigenvalue weighted by molar-refractivity contribution is 5.46. The number of ether oxygens (including phenoxy) is 1. The maximum atomic E-state index is 5.97. The molecule has 0 aromatic carbocycles. The zero-order valence-electron chi connectivity index (χ0n) is 11.0. The van der Waals surface area contributed by atoms with E-state index in [1.165, 1.54) is 5.56 Å². The van der Waals surface area contributed by atoms with Gasteiger partial charge in [-0.15, -0.1) is 0 Å². The van der Waals surface area contributed by atoms with Gasteiger partial charge < -0.3 is 15.8 Å². The summed E-state index contributed by atoms with van der Waals surface area (Å²) in [5, 5.41) is 3.50. The molecule has 0 radical (unpaired) electrons. The third-order valence-corrected chi connectivity index (χ3v) is 2.84. The van der Waals surface area contributed by atoms with E-state index in [4.69, 9.17) is 10.5 Å². The summed E-state index contributed by atoms with van der Waals surface area (Å²) in [5.74, 6) is 0.620. The summed E-state index contributed by atoms with van der Waals surface area (Å²) < 4.78 is 5.15. The number of anilines is 1. The number of hydrogen-bond donors (Lipinski definition) is 2. The zero-order valence-corrected chi connectivity index (χ0v) is 11.0. The van der Waals surface area contributed by atoms with E-state index in [9.17, 15) is 0 Å². The molecule has 0 fully saturated rings. The van der Waals surface area contributed by atoms with Gasteiger partial charge in [-0.05, 0) is 37.9 Å². The molecule has 0 saturated heterocycles. The Hall–Kier alpha value is -1.13. The molecule has 1 atom stereocenters. The summed E-state index contributed by atoms with van der Waals surface area (Å²) in [5.41, 5.74) is 8.27. The molecule has 1 unspecified atom stereocenters. The first-order valence-electron chi connectivity index (χ1n) is 6.14. The van der Waals surface area contributed by atoms with E-state index < -0.39 is 0 Å². The molecular formula is C13H23N3O. The molecule has 0 saturated carbocycles. The number of nitrogen functional groups attached to an aromatic ring is 1. The van der Waals surface area contributed by atoms with Crippen LogP contribution in [0.5, 0.6) is 0 Å². The van der Waals surface area contributed by atoms with Crippen molar-refractivity contribution in [3.63, 3.8) is 0 Å². The van der Waals surface area contributed by atoms with Gasteiger partial charge in [-0.25, -0.2) is 4.98 Å². The summed E-state index contributed by atoms with van der Waals surface area (Å²) in [6, 6.07) is 2.22. The molecule has 0 bridgehead atoms. The molecule has 4 heteroatoms. The Bertz CT molecular complexity index is 313. The maximum Gasteiger partial charge on any atom is 0.128 e. The Morgan fingerprint density at radius 2 is 2.29 bits per heavy atom. The number of aromatic nitrogens is 1. The van der Waals surface area contributed by atoms with Gasteiger partial charge in [0.05, 0.1) is 0 Å². The van der Waals surface area contributed by atoms with E-state index >= 15 is 0 Å². The van der Waals surface area contributed by atoms with Gasteiger partial charge in [0.25, 0.3) is 0 Å². The molecule has 4 nitrogen and oxygen atoms in total. The molecule has 17 heavy (non-hydrogen) atoms. The first kappa shape index (κ1) is 13.9. The molecule has 1 heterocycles. The fourth-order valence-corrected chi connectivity index (χ4v) is 1.95. The van der Waals surface area contributed by atoms with Gasteiger partial charge in [-0.1, -0.05) is 6.92 Å². The first-order chi connectivity index (χ1) is 8.20. The maximum absolute atomic E-state index is 5.97. The quantitative estimate of drug-likeness (QED) is 0.762. The third kappa shape index (κ3) is 3.98. The zero-order chi connectivity index (χ0) is 12.7. The Morgan fingerprint density at radius 3 is 2.88 bits per heavy atom. The van der Waals surface area contributed by atoms with Crippen LogP contribution in [0.2, 0.25) is 0 Å². The molecule has 0 spiro atoms. The van der Waals surface area contributed by atoms with Crippen molar-refractivity contribution in [3.05, 3.63) is 23.4 Å². The van der Waals surface area contributed by atoms with Crippen molar-refractivity contribution >= 4 is 5.82 Å². The van der Waals surface area contributed by atoms with E-state index in [-0.39, 0.29) is 6.04 Å². The van der Waals surface area contributed by atoms with Crippen molar-refractivity contribution in [1.82, 2.24) is 10.3 Å². The van der Waals surface area contributed by atoms with Crippen LogP contribution in [0.3, 0.4) is 0 Å². The molecule has 0 aliphatic rings. The van der Waals surface area contributed by atoms with Crippen molar-refractivity contribution in [2.45, 2.75) is 32.7 Å². The second-order valence-electron chi connectivity index (χ2n) is 4.21. The highest BCUT2D eigenvalue weighted by Gasteiger charge is 2.16. The van der Waals surface area contributed by atoms with Crippen LogP contribution in [0.4, 0.5) is 5.82 Å². The van der Waals surface area contributed by atoms with Crippen LogP contribution in [0.25, 0.3) is 0 Å². The fraction of sp³-hybridized carbons (Fsp3) is 0.615. The molecule has 0 aliphatic carbocycles. The smallest absolute Gasteiger partial charge is 0.128 e. The van der Waals surface area contributed by atoms with Crippen molar-refractivity contribution in [2.24, 2.45) is 0 Å². The summed E-state index contributed by atoms with van der Waals surface area (Å²) in [7, 11) is 1.72. The van der Waals surface area contributed by atoms with Crippen LogP contribution >= 0.6 is 0 Å². The van der Waals surface area contributed by atoms with Crippen LogP contribution in [0.1, 0.15) is 36.9 Å². The van der Waals surface area contributed by atoms with E-state index in [0.29, 0.717) is 5.82 Å². The van der Waals surface area contributed by atoms with Crippen LogP contribution in [-0.2, 0) is 4.74 Å². The average Bonchev–Trinajstić information content (AvgIpc) is 2.31. The molecular weight excluding hydrogens is 214 g/mol. The highest BCUT2D eigenvalue weighted by atomic mass is 16.5. The topological polar surface area (TPSA) is 60.2 Å². The van der Waals surface area contributed by atoms with Crippen molar-refractivity contribution in [3.8, 4) is 0 Å². The lowest BCUT2D eigenvalue weighted by Gasteiger charge is -2.21. The largest absolute Gasteiger partial charge is 0.385 e. The van der Waals surface area contributed by atoms with Crippen molar-refractivity contribution in [2.75, 3.05) is 26.0 Å². The van der Waals surface area contributed by atoms with Gasteiger partial charge in [-0.3, -0.25) is 0 Å². The summed E-state index contributed by atoms with van der Waals surface area (Å²) in [6.07, 6.45) is 3.76. The lowest BCUT2D eigenvalue weighted by molar-refractivity contribution is 0.183. The number of rotatable bonds is 7. The number of aryl methyl sites for hydroxylation is 1. The van der Waals surface area contributed by atoms with E-state index in [0.717, 1.165) is 31.6 Å². The van der Waals surface area contributed by atoms with Gasteiger partial charge in [-0.2, -0.15) is 0 Å². The Labute approximate surface area is 104 Å². The van der Waals surface area contributed by atoms with E-state index in [2.05, 4.69) is 24.1 Å². The van der Waals surface area contributed by atoms with Crippen LogP contribution in [0.15, 0.2) is 12.3 Å². The molecule has 96 valence electrons. The van der Waals surface area contributed by atoms with Gasteiger partial charge in [0.2, 0.25) is 0 Å². The SMILES string of the molecule is CCCNC(CCOC)c1c(C)ccnc1N. The summed E-state index contributed by atoms with van der Waals surface area (Å²) in [4.78, 5) is 4.17. The molecule has 3 N–H and O–H groups in total. The number of methoxy groups -OCH3 is 1. The minimum absolute atomic E-state index is 0.226. The second-order valence-corrected chi connectivity index (χ2v) is 4.21. The van der Waals surface area contributed by atoms with E-state index in [1.807, 2.05) is 6.07 Å². The van der Waals surface area contributed by atoms with Gasteiger partial charge in [0, 0.05) is 31.5 Å². The number of nitrogens with zero attached hydrogens (tertiary/aromatic N) is 1. The van der Waals surface area contributed by atoms with Crippen LogP contribution in [-0.4, -0.2) is 25.2 Å². The summed E-state index contributed by atoms with van der Waals surface area (Å²) >= 11 is 0. The molecule has 1 rings (SSSR count). The normalized spacial score (nSPS) is 12.6. The van der Waals surface area contributed by atoms with Gasteiger partial charge in [0.15, 0.2) is 0 Å².